The highest BCUT2D eigenvalue weighted by Gasteiger charge is 2.24. The Kier molecular flexibility index (Phi) is 4.69. The zero-order chi connectivity index (χ0) is 17.1. The van der Waals surface area contributed by atoms with Crippen LogP contribution in [-0.2, 0) is 11.2 Å². The first-order chi connectivity index (χ1) is 11.6. The molecule has 24 heavy (non-hydrogen) atoms. The molecule has 7 heteroatoms. The monoisotopic (exact) mass is 330 g/mol. The molecule has 1 aliphatic heterocycles. The number of aromatic amines is 1. The van der Waals surface area contributed by atoms with Crippen molar-refractivity contribution in [1.82, 2.24) is 19.9 Å². The Hall–Kier alpha value is -2.57. The van der Waals surface area contributed by atoms with Crippen molar-refractivity contribution in [2.24, 2.45) is 0 Å². The summed E-state index contributed by atoms with van der Waals surface area (Å²) in [6.45, 7) is 6.11. The molecule has 128 valence electrons. The van der Waals surface area contributed by atoms with Gasteiger partial charge in [-0.15, -0.1) is 0 Å². The molecule has 1 fully saturated rings. The van der Waals surface area contributed by atoms with Gasteiger partial charge in [0, 0.05) is 44.1 Å². The Bertz CT molecular complexity index is 701. The van der Waals surface area contributed by atoms with Gasteiger partial charge in [-0.2, -0.15) is 0 Å². The van der Waals surface area contributed by atoms with E-state index in [0.717, 1.165) is 17.7 Å². The van der Waals surface area contributed by atoms with E-state index in [4.69, 9.17) is 4.52 Å². The minimum atomic E-state index is 0.0104. The quantitative estimate of drug-likeness (QED) is 0.925. The summed E-state index contributed by atoms with van der Waals surface area (Å²) >= 11 is 0. The third-order valence-corrected chi connectivity index (χ3v) is 4.49. The maximum atomic E-state index is 12.6. The van der Waals surface area contributed by atoms with Crippen LogP contribution >= 0.6 is 0 Å². The zero-order valence-electron chi connectivity index (χ0n) is 14.0. The lowest BCUT2D eigenvalue weighted by Crippen LogP contribution is -2.38. The Morgan fingerprint density at radius 1 is 1.21 bits per heavy atom. The van der Waals surface area contributed by atoms with E-state index in [2.05, 4.69) is 10.1 Å². The Morgan fingerprint density at radius 3 is 2.62 bits per heavy atom. The smallest absolute Gasteiger partial charge is 0.255 e. The lowest BCUT2D eigenvalue weighted by atomic mass is 10.1. The van der Waals surface area contributed by atoms with Crippen LogP contribution < -0.4 is 0 Å². The Balaban J connectivity index is 1.61. The molecule has 0 aliphatic carbocycles. The van der Waals surface area contributed by atoms with Gasteiger partial charge in [-0.1, -0.05) is 5.16 Å². The molecule has 1 aliphatic rings. The molecule has 7 nitrogen and oxygen atoms in total. The second kappa shape index (κ2) is 6.90. The van der Waals surface area contributed by atoms with Crippen molar-refractivity contribution in [2.75, 3.05) is 26.2 Å². The third kappa shape index (κ3) is 3.34. The molecule has 2 aromatic rings. The fourth-order valence-corrected chi connectivity index (χ4v) is 3.03. The van der Waals surface area contributed by atoms with E-state index < -0.39 is 0 Å². The molecular formula is C17H22N4O3. The molecule has 0 saturated carbocycles. The van der Waals surface area contributed by atoms with Gasteiger partial charge in [-0.05, 0) is 26.3 Å². The molecule has 1 saturated heterocycles. The summed E-state index contributed by atoms with van der Waals surface area (Å²) in [4.78, 5) is 31.5. The lowest BCUT2D eigenvalue weighted by Gasteiger charge is -2.22. The number of amides is 2. The summed E-state index contributed by atoms with van der Waals surface area (Å²) < 4.78 is 5.12. The van der Waals surface area contributed by atoms with Gasteiger partial charge in [0.05, 0.1) is 17.7 Å². The van der Waals surface area contributed by atoms with Gasteiger partial charge in [-0.3, -0.25) is 9.59 Å². The number of hydrogen-bond acceptors (Lipinski definition) is 4. The minimum Gasteiger partial charge on any atom is -0.367 e. The second-order valence-electron chi connectivity index (χ2n) is 6.11. The molecule has 0 atom stereocenters. The van der Waals surface area contributed by atoms with Crippen LogP contribution in [0.1, 0.15) is 33.8 Å². The first-order valence-corrected chi connectivity index (χ1v) is 8.18. The van der Waals surface area contributed by atoms with E-state index in [1.807, 2.05) is 23.6 Å². The van der Waals surface area contributed by atoms with E-state index in [9.17, 15) is 9.59 Å². The highest BCUT2D eigenvalue weighted by molar-refractivity contribution is 5.94. The highest BCUT2D eigenvalue weighted by Crippen LogP contribution is 2.15. The van der Waals surface area contributed by atoms with Gasteiger partial charge >= 0.3 is 0 Å². The standard InChI is InChI=1S/C17H22N4O3/c1-12-15(13(2)24-19-12)10-16(22)20-6-3-7-21(9-8-20)17(23)14-4-5-18-11-14/h4-5,11,18H,3,6-10H2,1-2H3. The molecule has 2 amide bonds. The average Bonchev–Trinajstić information content (AvgIpc) is 3.13. The average molecular weight is 330 g/mol. The molecule has 0 radical (unpaired) electrons. The van der Waals surface area contributed by atoms with Crippen LogP contribution in [0.5, 0.6) is 0 Å². The molecular weight excluding hydrogens is 308 g/mol. The van der Waals surface area contributed by atoms with E-state index in [-0.39, 0.29) is 11.8 Å². The van der Waals surface area contributed by atoms with Crippen molar-refractivity contribution in [3.05, 3.63) is 41.0 Å². The minimum absolute atomic E-state index is 0.0104. The van der Waals surface area contributed by atoms with Crippen LogP contribution in [0.25, 0.3) is 0 Å². The van der Waals surface area contributed by atoms with E-state index in [1.165, 1.54) is 0 Å². The summed E-state index contributed by atoms with van der Waals surface area (Å²) in [6, 6.07) is 1.77. The van der Waals surface area contributed by atoms with Crippen LogP contribution in [0.15, 0.2) is 23.0 Å². The van der Waals surface area contributed by atoms with Crippen molar-refractivity contribution in [3.8, 4) is 0 Å². The predicted molar refractivity (Wildman–Crippen MR) is 87.6 cm³/mol. The lowest BCUT2D eigenvalue weighted by molar-refractivity contribution is -0.130. The molecule has 0 aromatic carbocycles. The van der Waals surface area contributed by atoms with Gasteiger partial charge in [0.15, 0.2) is 0 Å². The fraction of sp³-hybridized carbons (Fsp3) is 0.471. The van der Waals surface area contributed by atoms with Crippen molar-refractivity contribution in [3.63, 3.8) is 0 Å². The molecule has 0 bridgehead atoms. The van der Waals surface area contributed by atoms with Gasteiger partial charge < -0.3 is 19.3 Å². The van der Waals surface area contributed by atoms with Gasteiger partial charge in [0.25, 0.3) is 5.91 Å². The van der Waals surface area contributed by atoms with Crippen LogP contribution in [0.2, 0.25) is 0 Å². The first kappa shape index (κ1) is 16.3. The van der Waals surface area contributed by atoms with Crippen molar-refractivity contribution < 1.29 is 14.1 Å². The number of aromatic nitrogens is 2. The summed E-state index contributed by atoms with van der Waals surface area (Å²) in [5, 5.41) is 3.90. The van der Waals surface area contributed by atoms with Gasteiger partial charge in [0.2, 0.25) is 5.91 Å². The molecule has 3 rings (SSSR count). The molecule has 3 heterocycles. The topological polar surface area (TPSA) is 82.4 Å². The summed E-state index contributed by atoms with van der Waals surface area (Å²) in [6.07, 6.45) is 4.52. The third-order valence-electron chi connectivity index (χ3n) is 4.49. The molecule has 2 aromatic heterocycles. The number of nitrogens with one attached hydrogen (secondary N) is 1. The normalized spacial score (nSPS) is 15.4. The maximum Gasteiger partial charge on any atom is 0.255 e. The van der Waals surface area contributed by atoms with Crippen LogP contribution in [0, 0.1) is 13.8 Å². The molecule has 0 unspecified atom stereocenters. The Labute approximate surface area is 140 Å². The number of aryl methyl sites for hydroxylation is 2. The van der Waals surface area contributed by atoms with Crippen molar-refractivity contribution >= 4 is 11.8 Å². The van der Waals surface area contributed by atoms with Crippen molar-refractivity contribution in [1.29, 1.82) is 0 Å². The van der Waals surface area contributed by atoms with Crippen LogP contribution in [0.4, 0.5) is 0 Å². The number of carbonyl (C=O) groups excluding carboxylic acids is 2. The maximum absolute atomic E-state index is 12.6. The SMILES string of the molecule is Cc1noc(C)c1CC(=O)N1CCCN(C(=O)c2cc[nH]c2)CC1. The van der Waals surface area contributed by atoms with E-state index in [0.29, 0.717) is 43.9 Å². The summed E-state index contributed by atoms with van der Waals surface area (Å²) in [7, 11) is 0. The van der Waals surface area contributed by atoms with E-state index in [1.54, 1.807) is 18.5 Å². The van der Waals surface area contributed by atoms with E-state index >= 15 is 0 Å². The number of nitrogens with zero attached hydrogens (tertiary/aromatic N) is 3. The van der Waals surface area contributed by atoms with Crippen molar-refractivity contribution in [2.45, 2.75) is 26.7 Å². The number of rotatable bonds is 3. The second-order valence-corrected chi connectivity index (χ2v) is 6.11. The number of carbonyl (C=O) groups is 2. The number of hydrogen-bond donors (Lipinski definition) is 1. The Morgan fingerprint density at radius 2 is 1.96 bits per heavy atom. The number of H-pyrrole nitrogens is 1. The predicted octanol–water partition coefficient (Wildman–Crippen LogP) is 1.54. The largest absolute Gasteiger partial charge is 0.367 e. The van der Waals surface area contributed by atoms with Gasteiger partial charge in [-0.25, -0.2) is 0 Å². The zero-order valence-corrected chi connectivity index (χ0v) is 14.0. The fourth-order valence-electron chi connectivity index (χ4n) is 3.03. The van der Waals surface area contributed by atoms with Crippen LogP contribution in [-0.4, -0.2) is 57.9 Å². The summed E-state index contributed by atoms with van der Waals surface area (Å²) in [5.41, 5.74) is 2.29. The molecule has 0 spiro atoms. The highest BCUT2D eigenvalue weighted by atomic mass is 16.5. The first-order valence-electron chi connectivity index (χ1n) is 8.18. The van der Waals surface area contributed by atoms with Gasteiger partial charge in [0.1, 0.15) is 5.76 Å². The molecule has 1 N–H and O–H groups in total. The summed E-state index contributed by atoms with van der Waals surface area (Å²) in [5.74, 6) is 0.761. The van der Waals surface area contributed by atoms with Crippen LogP contribution in [0.3, 0.4) is 0 Å².